The Morgan fingerprint density at radius 1 is 1.75 bits per heavy atom. The maximum Gasteiger partial charge on any atom is 0.330 e. The van der Waals surface area contributed by atoms with Gasteiger partial charge in [-0.05, 0) is 0 Å². The second-order valence-electron chi connectivity index (χ2n) is 1.93. The fourth-order valence-electron chi connectivity index (χ4n) is 0.467. The third kappa shape index (κ3) is 6.25. The third-order valence-corrected chi connectivity index (χ3v) is 1.35. The van der Waals surface area contributed by atoms with E-state index in [4.69, 9.17) is 4.74 Å². The number of hydrogen-bond donors (Lipinski definition) is 0. The number of esters is 1. The van der Waals surface area contributed by atoms with E-state index in [9.17, 15) is 9.18 Å². The number of alkyl halides is 1. The second-order valence-corrected chi connectivity index (χ2v) is 2.68. The Morgan fingerprint density at radius 2 is 2.42 bits per heavy atom. The summed E-state index contributed by atoms with van der Waals surface area (Å²) < 4.78 is 21.0. The molecule has 0 bridgehead atoms. The van der Waals surface area contributed by atoms with Crippen molar-refractivity contribution in [3.8, 4) is 0 Å². The Kier molecular flexibility index (Phi) is 6.91. The zero-order valence-electron chi connectivity index (χ0n) is 6.66. The van der Waals surface area contributed by atoms with Crippen LogP contribution >= 0.6 is 9.24 Å². The average Bonchev–Trinajstić information content (AvgIpc) is 2.10. The van der Waals surface area contributed by atoms with Crippen LogP contribution in [0.2, 0.25) is 0 Å². The Hall–Kier alpha value is -0.470. The van der Waals surface area contributed by atoms with Crippen LogP contribution in [0.3, 0.4) is 0 Å². The Labute approximate surface area is 73.1 Å². The minimum absolute atomic E-state index is 0.0137. The monoisotopic (exact) mass is 194 g/mol. The topological polar surface area (TPSA) is 35.5 Å². The standard InChI is InChI=1S/C7H12FO3P/c1-2-6(9)11-5-7(12)10-4-3-8/h2,7H,1,3-5,12H2. The predicted octanol–water partition coefficient (Wildman–Crippen LogP) is 0.903. The number of carbonyl (C=O) groups is 1. The molecule has 2 atom stereocenters. The van der Waals surface area contributed by atoms with E-state index in [1.54, 1.807) is 0 Å². The average molecular weight is 194 g/mol. The highest BCUT2D eigenvalue weighted by Gasteiger charge is 2.04. The maximum atomic E-state index is 11.6. The Morgan fingerprint density at radius 3 is 2.92 bits per heavy atom. The smallest absolute Gasteiger partial charge is 0.330 e. The van der Waals surface area contributed by atoms with Gasteiger partial charge in [-0.1, -0.05) is 6.58 Å². The van der Waals surface area contributed by atoms with Gasteiger partial charge in [-0.2, -0.15) is 0 Å². The molecule has 0 aliphatic rings. The minimum Gasteiger partial charge on any atom is -0.459 e. The van der Waals surface area contributed by atoms with Gasteiger partial charge in [0.05, 0.1) is 6.61 Å². The van der Waals surface area contributed by atoms with Crippen molar-refractivity contribution in [1.82, 2.24) is 0 Å². The summed E-state index contributed by atoms with van der Waals surface area (Å²) >= 11 is 0. The lowest BCUT2D eigenvalue weighted by molar-refractivity contribution is -0.140. The van der Waals surface area contributed by atoms with E-state index in [1.807, 2.05) is 0 Å². The molecule has 12 heavy (non-hydrogen) atoms. The molecule has 0 saturated carbocycles. The molecular weight excluding hydrogens is 182 g/mol. The molecule has 0 aromatic carbocycles. The Bertz CT molecular complexity index is 152. The van der Waals surface area contributed by atoms with Crippen molar-refractivity contribution in [2.45, 2.75) is 5.85 Å². The van der Waals surface area contributed by atoms with Crippen LogP contribution in [0.4, 0.5) is 4.39 Å². The molecule has 0 aliphatic carbocycles. The SMILES string of the molecule is C=CC(=O)OCC(P)OCCF. The van der Waals surface area contributed by atoms with Gasteiger partial charge in [0.1, 0.15) is 19.1 Å². The lowest BCUT2D eigenvalue weighted by atomic mass is 10.6. The van der Waals surface area contributed by atoms with Crippen LogP contribution in [0.5, 0.6) is 0 Å². The van der Waals surface area contributed by atoms with Gasteiger partial charge in [-0.3, -0.25) is 0 Å². The van der Waals surface area contributed by atoms with Gasteiger partial charge in [0.25, 0.3) is 0 Å². The number of hydrogen-bond acceptors (Lipinski definition) is 3. The van der Waals surface area contributed by atoms with Gasteiger partial charge in [-0.15, -0.1) is 9.24 Å². The quantitative estimate of drug-likeness (QED) is 0.358. The summed E-state index contributed by atoms with van der Waals surface area (Å²) in [6.45, 7) is 2.78. The van der Waals surface area contributed by atoms with Gasteiger partial charge in [-0.25, -0.2) is 9.18 Å². The first kappa shape index (κ1) is 11.5. The minimum atomic E-state index is -0.541. The molecule has 0 aromatic heterocycles. The molecule has 0 rings (SSSR count). The molecule has 0 aliphatic heterocycles. The normalized spacial score (nSPS) is 12.2. The fourth-order valence-corrected chi connectivity index (χ4v) is 0.700. The van der Waals surface area contributed by atoms with E-state index < -0.39 is 12.6 Å². The fraction of sp³-hybridized carbons (Fsp3) is 0.571. The summed E-state index contributed by atoms with van der Waals surface area (Å²) in [6, 6.07) is 0. The van der Waals surface area contributed by atoms with Crippen LogP contribution < -0.4 is 0 Å². The van der Waals surface area contributed by atoms with Crippen molar-refractivity contribution >= 4 is 15.2 Å². The second kappa shape index (κ2) is 7.19. The van der Waals surface area contributed by atoms with E-state index >= 15 is 0 Å². The summed E-state index contributed by atoms with van der Waals surface area (Å²) in [5, 5.41) is 0. The van der Waals surface area contributed by atoms with Crippen LogP contribution in [0.25, 0.3) is 0 Å². The van der Waals surface area contributed by atoms with Crippen LogP contribution in [-0.4, -0.2) is 31.7 Å². The summed E-state index contributed by atoms with van der Waals surface area (Å²) in [5.74, 6) is -0.865. The summed E-state index contributed by atoms with van der Waals surface area (Å²) in [6.07, 6.45) is 1.06. The number of halogens is 1. The molecular formula is C7H12FO3P. The molecule has 3 nitrogen and oxygen atoms in total. The molecule has 5 heteroatoms. The molecule has 0 amide bonds. The van der Waals surface area contributed by atoms with Crippen molar-refractivity contribution in [1.29, 1.82) is 0 Å². The van der Waals surface area contributed by atoms with Gasteiger partial charge in [0.15, 0.2) is 0 Å². The van der Waals surface area contributed by atoms with Crippen molar-refractivity contribution in [2.75, 3.05) is 19.9 Å². The highest BCUT2D eigenvalue weighted by Crippen LogP contribution is 2.02. The Balaban J connectivity index is 3.36. The van der Waals surface area contributed by atoms with Crippen LogP contribution in [0.1, 0.15) is 0 Å². The largest absolute Gasteiger partial charge is 0.459 e. The van der Waals surface area contributed by atoms with E-state index in [0.29, 0.717) is 0 Å². The maximum absolute atomic E-state index is 11.6. The molecule has 0 spiro atoms. The van der Waals surface area contributed by atoms with Crippen molar-refractivity contribution in [3.63, 3.8) is 0 Å². The van der Waals surface area contributed by atoms with Gasteiger partial charge in [0, 0.05) is 6.08 Å². The predicted molar refractivity (Wildman–Crippen MR) is 46.6 cm³/mol. The van der Waals surface area contributed by atoms with Crippen LogP contribution in [-0.2, 0) is 14.3 Å². The molecule has 2 unspecified atom stereocenters. The van der Waals surface area contributed by atoms with Crippen LogP contribution in [0, 0.1) is 0 Å². The van der Waals surface area contributed by atoms with E-state index in [0.717, 1.165) is 6.08 Å². The van der Waals surface area contributed by atoms with Crippen molar-refractivity contribution in [2.24, 2.45) is 0 Å². The zero-order chi connectivity index (χ0) is 9.40. The first-order chi connectivity index (χ1) is 5.70. The molecule has 0 aromatic rings. The van der Waals surface area contributed by atoms with E-state index in [1.165, 1.54) is 0 Å². The summed E-state index contributed by atoms with van der Waals surface area (Å²) in [5.41, 5.74) is 0. The van der Waals surface area contributed by atoms with Gasteiger partial charge < -0.3 is 9.47 Å². The first-order valence-corrected chi connectivity index (χ1v) is 4.09. The number of rotatable bonds is 6. The lowest BCUT2D eigenvalue weighted by Crippen LogP contribution is -2.16. The molecule has 0 N–H and O–H groups in total. The van der Waals surface area contributed by atoms with Gasteiger partial charge >= 0.3 is 5.97 Å². The zero-order valence-corrected chi connectivity index (χ0v) is 7.82. The number of ether oxygens (including phenoxy) is 2. The number of carbonyl (C=O) groups excluding carboxylic acids is 1. The third-order valence-electron chi connectivity index (χ3n) is 0.966. The summed E-state index contributed by atoms with van der Waals surface area (Å²) in [4.78, 5) is 10.5. The molecule has 0 heterocycles. The summed E-state index contributed by atoms with van der Waals surface area (Å²) in [7, 11) is 2.29. The molecule has 0 radical (unpaired) electrons. The van der Waals surface area contributed by atoms with Crippen LogP contribution in [0.15, 0.2) is 12.7 Å². The molecule has 70 valence electrons. The molecule has 0 fully saturated rings. The van der Waals surface area contributed by atoms with E-state index in [-0.39, 0.29) is 19.1 Å². The highest BCUT2D eigenvalue weighted by molar-refractivity contribution is 7.17. The molecule has 0 saturated heterocycles. The van der Waals surface area contributed by atoms with Gasteiger partial charge in [0.2, 0.25) is 0 Å². The van der Waals surface area contributed by atoms with E-state index in [2.05, 4.69) is 20.6 Å². The lowest BCUT2D eigenvalue weighted by Gasteiger charge is -2.10. The highest BCUT2D eigenvalue weighted by atomic mass is 31.0. The van der Waals surface area contributed by atoms with Crippen molar-refractivity contribution in [3.05, 3.63) is 12.7 Å². The first-order valence-electron chi connectivity index (χ1n) is 3.43. The van der Waals surface area contributed by atoms with Crippen molar-refractivity contribution < 1.29 is 18.7 Å².